The van der Waals surface area contributed by atoms with E-state index in [9.17, 15) is 0 Å². The lowest BCUT2D eigenvalue weighted by Crippen LogP contribution is -2.38. The molecule has 0 spiro atoms. The van der Waals surface area contributed by atoms with Crippen molar-refractivity contribution in [1.29, 1.82) is 0 Å². The van der Waals surface area contributed by atoms with Crippen molar-refractivity contribution >= 4 is 28.3 Å². The maximum atomic E-state index is 6.36. The van der Waals surface area contributed by atoms with Gasteiger partial charge in [0.25, 0.3) is 0 Å². The zero-order chi connectivity index (χ0) is 21.3. The van der Waals surface area contributed by atoms with Crippen LogP contribution in [0.25, 0.3) is 10.9 Å². The number of anilines is 1. The van der Waals surface area contributed by atoms with Crippen molar-refractivity contribution in [1.82, 2.24) is 14.8 Å². The summed E-state index contributed by atoms with van der Waals surface area (Å²) in [6.07, 6.45) is 1.78. The molecule has 2 aromatic heterocycles. The zero-order valence-corrected chi connectivity index (χ0v) is 17.8. The Morgan fingerprint density at radius 1 is 0.774 bits per heavy atom. The third-order valence-electron chi connectivity index (χ3n) is 5.66. The average Bonchev–Trinajstić information content (AvgIpc) is 3.20. The first-order valence-corrected chi connectivity index (χ1v) is 10.5. The second-order valence-corrected chi connectivity index (χ2v) is 7.73. The Morgan fingerprint density at radius 3 is 1.71 bits per heavy atom. The number of benzene rings is 3. The summed E-state index contributed by atoms with van der Waals surface area (Å²) in [5, 5.41) is 9.62. The fraction of sp³-hybridized carbons (Fsp3) is 0.0769. The van der Waals surface area contributed by atoms with E-state index in [1.807, 2.05) is 31.3 Å². The largest absolute Gasteiger partial charge is 0.371 e. The lowest BCUT2D eigenvalue weighted by atomic mass is 9.77. The lowest BCUT2D eigenvalue weighted by molar-refractivity contribution is 0.477. The predicted molar refractivity (Wildman–Crippen MR) is 127 cm³/mol. The molecule has 5 rings (SSSR count). The second kappa shape index (κ2) is 7.89. The van der Waals surface area contributed by atoms with E-state index >= 15 is 0 Å². The standard InChI is InChI=1S/C26H21ClN4/c1-28-25-22-18-29-24(27)17-23(22)31(30-25)26(19-11-5-2-6-12-19,20-13-7-3-8-14-20)21-15-9-4-10-16-21/h2-18H,1H3,(H,28,30). The fourth-order valence-corrected chi connectivity index (χ4v) is 4.48. The quantitative estimate of drug-likeness (QED) is 0.279. The summed E-state index contributed by atoms with van der Waals surface area (Å²) >= 11 is 6.36. The number of hydrogen-bond acceptors (Lipinski definition) is 3. The number of fused-ring (bicyclic) bond motifs is 1. The molecule has 152 valence electrons. The molecule has 1 N–H and O–H groups in total. The Balaban J connectivity index is 1.99. The molecule has 0 radical (unpaired) electrons. The van der Waals surface area contributed by atoms with Crippen LogP contribution in [0.1, 0.15) is 16.7 Å². The molecule has 5 aromatic rings. The van der Waals surface area contributed by atoms with Crippen molar-refractivity contribution in [2.75, 3.05) is 12.4 Å². The maximum absolute atomic E-state index is 6.36. The van der Waals surface area contributed by atoms with E-state index in [1.54, 1.807) is 6.20 Å². The van der Waals surface area contributed by atoms with Gasteiger partial charge in [-0.15, -0.1) is 0 Å². The highest BCUT2D eigenvalue weighted by Crippen LogP contribution is 2.43. The summed E-state index contributed by atoms with van der Waals surface area (Å²) in [7, 11) is 1.87. The number of rotatable bonds is 5. The van der Waals surface area contributed by atoms with E-state index in [-0.39, 0.29) is 0 Å². The molecule has 0 atom stereocenters. The minimum absolute atomic E-state index is 0.430. The third-order valence-corrected chi connectivity index (χ3v) is 5.87. The van der Waals surface area contributed by atoms with Gasteiger partial charge < -0.3 is 5.32 Å². The minimum Gasteiger partial charge on any atom is -0.371 e. The van der Waals surface area contributed by atoms with Gasteiger partial charge in [-0.05, 0) is 16.7 Å². The molecular formula is C26H21ClN4. The Morgan fingerprint density at radius 2 is 1.26 bits per heavy atom. The van der Waals surface area contributed by atoms with Crippen LogP contribution in [-0.2, 0) is 5.54 Å². The summed E-state index contributed by atoms with van der Waals surface area (Å²) in [6.45, 7) is 0. The second-order valence-electron chi connectivity index (χ2n) is 7.34. The summed E-state index contributed by atoms with van der Waals surface area (Å²) in [4.78, 5) is 4.30. The molecule has 0 unspecified atom stereocenters. The molecule has 0 amide bonds. The molecule has 0 saturated heterocycles. The Bertz CT molecular complexity index is 1220. The number of halogens is 1. The van der Waals surface area contributed by atoms with Gasteiger partial charge in [0.15, 0.2) is 5.82 Å². The molecule has 0 saturated carbocycles. The van der Waals surface area contributed by atoms with Crippen LogP contribution in [0.2, 0.25) is 5.15 Å². The SMILES string of the molecule is CNc1nn(C(c2ccccc2)(c2ccccc2)c2ccccc2)c2cc(Cl)ncc12. The van der Waals surface area contributed by atoms with Crippen LogP contribution in [0.5, 0.6) is 0 Å². The van der Waals surface area contributed by atoms with Crippen LogP contribution in [0.15, 0.2) is 103 Å². The first-order chi connectivity index (χ1) is 15.2. The molecule has 0 fully saturated rings. The van der Waals surface area contributed by atoms with Gasteiger partial charge in [0.1, 0.15) is 10.7 Å². The summed E-state index contributed by atoms with van der Waals surface area (Å²) in [5.41, 5.74) is 3.51. The average molecular weight is 425 g/mol. The van der Waals surface area contributed by atoms with Gasteiger partial charge in [0, 0.05) is 19.3 Å². The summed E-state index contributed by atoms with van der Waals surface area (Å²) < 4.78 is 2.07. The Kier molecular flexibility index (Phi) is 4.92. The Hall–Kier alpha value is -3.63. The molecular weight excluding hydrogens is 404 g/mol. The summed E-state index contributed by atoms with van der Waals surface area (Å²) in [6, 6.07) is 33.3. The number of nitrogens with zero attached hydrogens (tertiary/aromatic N) is 3. The van der Waals surface area contributed by atoms with Crippen LogP contribution >= 0.6 is 11.6 Å². The smallest absolute Gasteiger partial charge is 0.157 e. The van der Waals surface area contributed by atoms with Crippen LogP contribution in [0, 0.1) is 0 Å². The third kappa shape index (κ3) is 3.07. The Labute approximate surface area is 186 Å². The normalized spacial score (nSPS) is 11.5. The number of hydrogen-bond donors (Lipinski definition) is 1. The van der Waals surface area contributed by atoms with E-state index in [4.69, 9.17) is 16.7 Å². The molecule has 31 heavy (non-hydrogen) atoms. The monoisotopic (exact) mass is 424 g/mol. The van der Waals surface area contributed by atoms with Crippen LogP contribution in [0.3, 0.4) is 0 Å². The van der Waals surface area contributed by atoms with Crippen molar-refractivity contribution < 1.29 is 0 Å². The molecule has 0 bridgehead atoms. The van der Waals surface area contributed by atoms with E-state index in [1.165, 1.54) is 0 Å². The van der Waals surface area contributed by atoms with E-state index in [0.29, 0.717) is 5.15 Å². The van der Waals surface area contributed by atoms with Crippen LogP contribution in [-0.4, -0.2) is 21.8 Å². The van der Waals surface area contributed by atoms with E-state index in [0.717, 1.165) is 33.4 Å². The molecule has 3 aromatic carbocycles. The van der Waals surface area contributed by atoms with Gasteiger partial charge in [-0.3, -0.25) is 0 Å². The first kappa shape index (κ1) is 19.3. The van der Waals surface area contributed by atoms with Crippen molar-refractivity contribution in [3.05, 3.63) is 125 Å². The molecule has 0 aliphatic rings. The maximum Gasteiger partial charge on any atom is 0.157 e. The van der Waals surface area contributed by atoms with E-state index in [2.05, 4.69) is 87.8 Å². The lowest BCUT2D eigenvalue weighted by Gasteiger charge is -2.37. The van der Waals surface area contributed by atoms with Gasteiger partial charge in [-0.1, -0.05) is 103 Å². The highest BCUT2D eigenvalue weighted by Gasteiger charge is 2.40. The number of pyridine rings is 1. The van der Waals surface area contributed by atoms with Crippen molar-refractivity contribution in [2.24, 2.45) is 0 Å². The fourth-order valence-electron chi connectivity index (χ4n) is 4.33. The predicted octanol–water partition coefficient (Wildman–Crippen LogP) is 5.97. The van der Waals surface area contributed by atoms with Gasteiger partial charge in [-0.25, -0.2) is 9.67 Å². The molecule has 2 heterocycles. The van der Waals surface area contributed by atoms with Crippen molar-refractivity contribution in [2.45, 2.75) is 5.54 Å². The van der Waals surface area contributed by atoms with Gasteiger partial charge in [-0.2, -0.15) is 5.10 Å². The number of nitrogens with one attached hydrogen (secondary N) is 1. The zero-order valence-electron chi connectivity index (χ0n) is 17.0. The topological polar surface area (TPSA) is 42.7 Å². The van der Waals surface area contributed by atoms with Gasteiger partial charge >= 0.3 is 0 Å². The highest BCUT2D eigenvalue weighted by molar-refractivity contribution is 6.30. The summed E-state index contributed by atoms with van der Waals surface area (Å²) in [5.74, 6) is 0.756. The number of aromatic nitrogens is 3. The highest BCUT2D eigenvalue weighted by atomic mass is 35.5. The van der Waals surface area contributed by atoms with Gasteiger partial charge in [0.05, 0.1) is 10.9 Å². The molecule has 0 aliphatic heterocycles. The molecule has 0 aliphatic carbocycles. The minimum atomic E-state index is -0.707. The van der Waals surface area contributed by atoms with Crippen LogP contribution in [0.4, 0.5) is 5.82 Å². The van der Waals surface area contributed by atoms with Gasteiger partial charge in [0.2, 0.25) is 0 Å². The first-order valence-electron chi connectivity index (χ1n) is 10.1. The molecule has 5 heteroatoms. The van der Waals surface area contributed by atoms with Crippen LogP contribution < -0.4 is 5.32 Å². The van der Waals surface area contributed by atoms with Crippen molar-refractivity contribution in [3.63, 3.8) is 0 Å². The van der Waals surface area contributed by atoms with E-state index < -0.39 is 5.54 Å². The molecule has 4 nitrogen and oxygen atoms in total. The van der Waals surface area contributed by atoms with Crippen molar-refractivity contribution in [3.8, 4) is 0 Å².